The van der Waals surface area contributed by atoms with Gasteiger partial charge in [0.15, 0.2) is 17.3 Å². The van der Waals surface area contributed by atoms with E-state index < -0.39 is 0 Å². The molecule has 0 unspecified atom stereocenters. The minimum atomic E-state index is -0.0718. The number of carbonyl (C=O) groups is 1. The van der Waals surface area contributed by atoms with Crippen LogP contribution in [0.1, 0.15) is 62.6 Å². The first-order valence-electron chi connectivity index (χ1n) is 12.8. The molecule has 182 valence electrons. The Morgan fingerprint density at radius 1 is 1.06 bits per heavy atom. The largest absolute Gasteiger partial charge is 0.494 e. The Morgan fingerprint density at radius 2 is 1.80 bits per heavy atom. The van der Waals surface area contributed by atoms with Crippen LogP contribution >= 0.6 is 0 Å². The fourth-order valence-electron chi connectivity index (χ4n) is 5.99. The summed E-state index contributed by atoms with van der Waals surface area (Å²) in [6.07, 6.45) is 5.60. The van der Waals surface area contributed by atoms with Crippen molar-refractivity contribution < 1.29 is 19.0 Å². The molecule has 4 aliphatic rings. The molecule has 0 aromatic heterocycles. The molecule has 0 saturated carbocycles. The van der Waals surface area contributed by atoms with Crippen LogP contribution in [0, 0.1) is 5.41 Å². The number of hydrogen-bond donors (Lipinski definition) is 0. The quantitative estimate of drug-likeness (QED) is 0.559. The van der Waals surface area contributed by atoms with Crippen molar-refractivity contribution in [3.8, 4) is 17.2 Å². The number of ether oxygens (including phenoxy) is 3. The van der Waals surface area contributed by atoms with E-state index in [1.54, 1.807) is 0 Å². The van der Waals surface area contributed by atoms with Gasteiger partial charge in [0.1, 0.15) is 5.75 Å². The first-order valence-corrected chi connectivity index (χ1v) is 12.8. The van der Waals surface area contributed by atoms with E-state index in [4.69, 9.17) is 14.2 Å². The van der Waals surface area contributed by atoms with Crippen LogP contribution in [-0.2, 0) is 11.2 Å². The fraction of sp³-hybridized carbons (Fsp3) is 0.433. The van der Waals surface area contributed by atoms with Gasteiger partial charge in [-0.05, 0) is 66.6 Å². The summed E-state index contributed by atoms with van der Waals surface area (Å²) in [6.45, 7) is 9.27. The van der Waals surface area contributed by atoms with E-state index in [2.05, 4.69) is 49.1 Å². The highest BCUT2D eigenvalue weighted by molar-refractivity contribution is 6.01. The van der Waals surface area contributed by atoms with Crippen LogP contribution in [-0.4, -0.2) is 37.0 Å². The second kappa shape index (κ2) is 8.47. The lowest BCUT2D eigenvalue weighted by Crippen LogP contribution is -2.40. The number of allylic oxidation sites excluding steroid dienone is 3. The van der Waals surface area contributed by atoms with Gasteiger partial charge in [-0.1, -0.05) is 26.0 Å². The molecular weight excluding hydrogens is 438 g/mol. The average molecular weight is 472 g/mol. The highest BCUT2D eigenvalue weighted by Gasteiger charge is 2.42. The van der Waals surface area contributed by atoms with E-state index in [0.717, 1.165) is 54.2 Å². The Labute approximate surface area is 207 Å². The highest BCUT2D eigenvalue weighted by atomic mass is 16.5. The van der Waals surface area contributed by atoms with Gasteiger partial charge in [0, 0.05) is 47.8 Å². The Bertz CT molecular complexity index is 1240. The normalized spacial score (nSPS) is 22.5. The molecule has 0 N–H and O–H groups in total. The van der Waals surface area contributed by atoms with Crippen molar-refractivity contribution in [2.45, 2.75) is 52.4 Å². The van der Waals surface area contributed by atoms with Crippen molar-refractivity contribution in [1.82, 2.24) is 4.90 Å². The van der Waals surface area contributed by atoms with Gasteiger partial charge in [0.25, 0.3) is 0 Å². The van der Waals surface area contributed by atoms with E-state index in [9.17, 15) is 4.79 Å². The van der Waals surface area contributed by atoms with E-state index in [0.29, 0.717) is 26.2 Å². The zero-order valence-electron chi connectivity index (χ0n) is 20.9. The van der Waals surface area contributed by atoms with Crippen LogP contribution in [0.2, 0.25) is 0 Å². The standard InChI is InChI=1S/C30H33NO4/c1-4-33-21-8-6-19(7-9-21)23-15-24-22-16-28-27(34-12-5-13-35-28)14-20(22)10-11-31(24)25-17-30(2,3)18-26(32)29(23)25/h6-9,14-16,23H,4-5,10-13,17-18H2,1-3H3/t23-/m1/s1. The summed E-state index contributed by atoms with van der Waals surface area (Å²) in [5.74, 6) is 2.73. The van der Waals surface area contributed by atoms with E-state index in [-0.39, 0.29) is 17.1 Å². The van der Waals surface area contributed by atoms with Gasteiger partial charge in [-0.2, -0.15) is 0 Å². The summed E-state index contributed by atoms with van der Waals surface area (Å²) in [4.78, 5) is 16.0. The molecule has 0 spiro atoms. The SMILES string of the molecule is CCOc1ccc([C@H]2C=C3c4cc5c(cc4CCN3C3=C2C(=O)CC(C)(C)C3)OCCCO5)cc1. The van der Waals surface area contributed by atoms with Gasteiger partial charge in [0.05, 0.1) is 19.8 Å². The van der Waals surface area contributed by atoms with Gasteiger partial charge in [-0.15, -0.1) is 0 Å². The zero-order valence-corrected chi connectivity index (χ0v) is 20.9. The van der Waals surface area contributed by atoms with Crippen molar-refractivity contribution in [2.75, 3.05) is 26.4 Å². The van der Waals surface area contributed by atoms with E-state index >= 15 is 0 Å². The number of Topliss-reactive ketones (excluding diaryl/α,β-unsaturated/α-hetero) is 1. The van der Waals surface area contributed by atoms with Crippen molar-refractivity contribution >= 4 is 11.5 Å². The summed E-state index contributed by atoms with van der Waals surface area (Å²) in [5.41, 5.74) is 6.90. The molecule has 3 aliphatic heterocycles. The number of nitrogens with zero attached hydrogens (tertiary/aromatic N) is 1. The molecule has 5 heteroatoms. The van der Waals surface area contributed by atoms with Crippen molar-refractivity contribution in [3.05, 3.63) is 70.4 Å². The third-order valence-corrected chi connectivity index (χ3v) is 7.55. The molecule has 1 atom stereocenters. The second-order valence-corrected chi connectivity index (χ2v) is 10.7. The predicted molar refractivity (Wildman–Crippen MR) is 136 cm³/mol. The van der Waals surface area contributed by atoms with Crippen LogP contribution in [0.25, 0.3) is 5.70 Å². The first-order chi connectivity index (χ1) is 16.9. The van der Waals surface area contributed by atoms with Crippen molar-refractivity contribution in [3.63, 3.8) is 0 Å². The summed E-state index contributed by atoms with van der Waals surface area (Å²) in [7, 11) is 0. The molecule has 3 heterocycles. The lowest BCUT2D eigenvalue weighted by molar-refractivity contribution is -0.118. The maximum atomic E-state index is 13.6. The summed E-state index contributed by atoms with van der Waals surface area (Å²) < 4.78 is 17.7. The lowest BCUT2D eigenvalue weighted by atomic mass is 9.69. The summed E-state index contributed by atoms with van der Waals surface area (Å²) in [5, 5.41) is 0. The van der Waals surface area contributed by atoms with Crippen LogP contribution in [0.15, 0.2) is 53.7 Å². The highest BCUT2D eigenvalue weighted by Crippen LogP contribution is 2.51. The Kier molecular flexibility index (Phi) is 5.39. The first kappa shape index (κ1) is 22.3. The molecule has 35 heavy (non-hydrogen) atoms. The molecule has 0 bridgehead atoms. The van der Waals surface area contributed by atoms with Gasteiger partial charge in [-0.3, -0.25) is 4.79 Å². The fourth-order valence-corrected chi connectivity index (χ4v) is 5.99. The Hall–Kier alpha value is -3.21. The third kappa shape index (κ3) is 3.91. The van der Waals surface area contributed by atoms with Crippen LogP contribution in [0.3, 0.4) is 0 Å². The maximum absolute atomic E-state index is 13.6. The summed E-state index contributed by atoms with van der Waals surface area (Å²) >= 11 is 0. The molecule has 5 nitrogen and oxygen atoms in total. The van der Waals surface area contributed by atoms with Crippen LogP contribution in [0.4, 0.5) is 0 Å². The van der Waals surface area contributed by atoms with Gasteiger partial charge in [-0.25, -0.2) is 0 Å². The monoisotopic (exact) mass is 471 g/mol. The van der Waals surface area contributed by atoms with E-state index in [1.165, 1.54) is 22.5 Å². The molecule has 0 radical (unpaired) electrons. The molecule has 2 aromatic carbocycles. The van der Waals surface area contributed by atoms with Crippen LogP contribution < -0.4 is 14.2 Å². The molecule has 1 aliphatic carbocycles. The van der Waals surface area contributed by atoms with Crippen molar-refractivity contribution in [1.29, 1.82) is 0 Å². The number of benzene rings is 2. The number of fused-ring (bicyclic) bond motifs is 5. The average Bonchev–Trinajstić information content (AvgIpc) is 3.07. The number of carbonyl (C=O) groups excluding carboxylic acids is 1. The predicted octanol–water partition coefficient (Wildman–Crippen LogP) is 5.89. The summed E-state index contributed by atoms with van der Waals surface area (Å²) in [6, 6.07) is 12.6. The topological polar surface area (TPSA) is 48.0 Å². The van der Waals surface area contributed by atoms with Gasteiger partial charge >= 0.3 is 0 Å². The van der Waals surface area contributed by atoms with Gasteiger partial charge in [0.2, 0.25) is 0 Å². The Balaban J connectivity index is 1.49. The number of hydrogen-bond acceptors (Lipinski definition) is 5. The Morgan fingerprint density at radius 3 is 2.54 bits per heavy atom. The lowest BCUT2D eigenvalue weighted by Gasteiger charge is -2.46. The van der Waals surface area contributed by atoms with E-state index in [1.807, 2.05) is 19.1 Å². The number of rotatable bonds is 3. The van der Waals surface area contributed by atoms with Crippen LogP contribution in [0.5, 0.6) is 17.2 Å². The minimum Gasteiger partial charge on any atom is -0.494 e. The molecular formula is C30H33NO4. The second-order valence-electron chi connectivity index (χ2n) is 10.7. The molecule has 0 fully saturated rings. The zero-order chi connectivity index (χ0) is 24.2. The van der Waals surface area contributed by atoms with Gasteiger partial charge < -0.3 is 19.1 Å². The van der Waals surface area contributed by atoms with Crippen molar-refractivity contribution in [2.24, 2.45) is 5.41 Å². The molecule has 0 saturated heterocycles. The molecule has 0 amide bonds. The molecule has 6 rings (SSSR count). The molecule has 2 aromatic rings. The minimum absolute atomic E-state index is 0.0489. The number of ketones is 1. The third-order valence-electron chi connectivity index (χ3n) is 7.55. The maximum Gasteiger partial charge on any atom is 0.162 e. The smallest absolute Gasteiger partial charge is 0.162 e.